The molecular weight excluding hydrogens is 272 g/mol. The van der Waals surface area contributed by atoms with Gasteiger partial charge in [0.1, 0.15) is 0 Å². The van der Waals surface area contributed by atoms with Gasteiger partial charge in [0, 0.05) is 20.8 Å². The van der Waals surface area contributed by atoms with Gasteiger partial charge in [-0.25, -0.2) is 0 Å². The van der Waals surface area contributed by atoms with Gasteiger partial charge in [0.25, 0.3) is 0 Å². The zero-order valence-corrected chi connectivity index (χ0v) is 14.0. The van der Waals surface area contributed by atoms with Crippen molar-refractivity contribution >= 4 is 8.07 Å². The number of benzene rings is 1. The lowest BCUT2D eigenvalue weighted by Gasteiger charge is -2.35. The molecule has 110 valence electrons. The summed E-state index contributed by atoms with van der Waals surface area (Å²) in [6.07, 6.45) is 1.94. The fourth-order valence-electron chi connectivity index (χ4n) is 2.92. The van der Waals surface area contributed by atoms with E-state index in [1.807, 2.05) is 6.20 Å². The quantitative estimate of drug-likeness (QED) is 0.786. The summed E-state index contributed by atoms with van der Waals surface area (Å²) in [4.78, 5) is 7.13. The van der Waals surface area contributed by atoms with Crippen LogP contribution in [0.1, 0.15) is 5.69 Å². The maximum Gasteiger partial charge on any atom is 0.0550 e. The number of hydrogen-bond donors (Lipinski definition) is 0. The first-order chi connectivity index (χ1) is 10.1. The van der Waals surface area contributed by atoms with Crippen molar-refractivity contribution in [3.05, 3.63) is 54.4 Å². The molecule has 1 saturated heterocycles. The molecule has 0 saturated carbocycles. The van der Waals surface area contributed by atoms with Crippen LogP contribution < -0.4 is 0 Å². The second-order valence-corrected chi connectivity index (χ2v) is 12.2. The molecular formula is C18H24N2Si. The highest BCUT2D eigenvalue weighted by Gasteiger charge is 2.27. The number of nitrogens with zero attached hydrogens (tertiary/aromatic N) is 2. The fraction of sp³-hybridized carbons (Fsp3) is 0.389. The van der Waals surface area contributed by atoms with Crippen LogP contribution in [0.3, 0.4) is 0 Å². The van der Waals surface area contributed by atoms with Crippen molar-refractivity contribution < 1.29 is 0 Å². The molecule has 21 heavy (non-hydrogen) atoms. The molecule has 3 heteroatoms. The van der Waals surface area contributed by atoms with E-state index in [0.717, 1.165) is 6.54 Å². The third kappa shape index (κ3) is 3.80. The van der Waals surface area contributed by atoms with Crippen LogP contribution in [-0.4, -0.2) is 31.0 Å². The predicted octanol–water partition coefficient (Wildman–Crippen LogP) is 4.27. The second-order valence-electron chi connectivity index (χ2n) is 6.84. The van der Waals surface area contributed by atoms with E-state index in [-0.39, 0.29) is 0 Å². The van der Waals surface area contributed by atoms with Crippen molar-refractivity contribution in [2.24, 2.45) is 0 Å². The molecule has 0 aliphatic carbocycles. The van der Waals surface area contributed by atoms with Gasteiger partial charge in [-0.1, -0.05) is 43.4 Å². The lowest BCUT2D eigenvalue weighted by atomic mass is 10.1. The Hall–Kier alpha value is -1.45. The van der Waals surface area contributed by atoms with Gasteiger partial charge >= 0.3 is 0 Å². The van der Waals surface area contributed by atoms with Gasteiger partial charge in [0.15, 0.2) is 0 Å². The second kappa shape index (κ2) is 6.12. The number of aromatic nitrogens is 1. The Morgan fingerprint density at radius 2 is 1.71 bits per heavy atom. The van der Waals surface area contributed by atoms with E-state index in [1.165, 1.54) is 42.0 Å². The van der Waals surface area contributed by atoms with Gasteiger partial charge in [0.05, 0.1) is 5.69 Å². The maximum absolute atomic E-state index is 4.57. The first kappa shape index (κ1) is 14.5. The Morgan fingerprint density at radius 3 is 2.43 bits per heavy atom. The smallest absolute Gasteiger partial charge is 0.0550 e. The van der Waals surface area contributed by atoms with E-state index >= 15 is 0 Å². The molecule has 0 N–H and O–H groups in total. The summed E-state index contributed by atoms with van der Waals surface area (Å²) >= 11 is 0. The standard InChI is InChI=1S/C18H24N2Si/c1-21(2)12-10-20(11-13-21)15-18-14-17(8-9-19-18)16-6-4-3-5-7-16/h3-9,14H,10-13,15H2,1-2H3. The Morgan fingerprint density at radius 1 is 1.00 bits per heavy atom. The van der Waals surface area contributed by atoms with Crippen LogP contribution >= 0.6 is 0 Å². The molecule has 1 aliphatic rings. The minimum absolute atomic E-state index is 0.875. The zero-order chi connectivity index (χ0) is 14.7. The summed E-state index contributed by atoms with van der Waals surface area (Å²) in [5.41, 5.74) is 3.73. The van der Waals surface area contributed by atoms with Crippen molar-refractivity contribution in [2.75, 3.05) is 13.1 Å². The average Bonchev–Trinajstić information content (AvgIpc) is 2.51. The van der Waals surface area contributed by atoms with E-state index in [9.17, 15) is 0 Å². The van der Waals surface area contributed by atoms with Crippen LogP contribution in [0, 0.1) is 0 Å². The maximum atomic E-state index is 4.57. The minimum Gasteiger partial charge on any atom is -0.298 e. The molecule has 0 spiro atoms. The Kier molecular flexibility index (Phi) is 4.22. The summed E-state index contributed by atoms with van der Waals surface area (Å²) in [5, 5.41) is 0. The first-order valence-electron chi connectivity index (χ1n) is 7.85. The van der Waals surface area contributed by atoms with Gasteiger partial charge in [-0.05, 0) is 48.4 Å². The SMILES string of the molecule is C[Si]1(C)CCN(Cc2cc(-c3ccccc3)ccn2)CC1. The van der Waals surface area contributed by atoms with Gasteiger partial charge in [0.2, 0.25) is 0 Å². The highest BCUT2D eigenvalue weighted by molar-refractivity contribution is 6.77. The molecule has 0 bridgehead atoms. The van der Waals surface area contributed by atoms with Gasteiger partial charge < -0.3 is 0 Å². The predicted molar refractivity (Wildman–Crippen MR) is 92.0 cm³/mol. The Labute approximate surface area is 128 Å². The Balaban J connectivity index is 1.70. The summed E-state index contributed by atoms with van der Waals surface area (Å²) in [6.45, 7) is 8.51. The summed E-state index contributed by atoms with van der Waals surface area (Å²) in [6, 6.07) is 17.8. The highest BCUT2D eigenvalue weighted by Crippen LogP contribution is 2.24. The zero-order valence-electron chi connectivity index (χ0n) is 13.0. The van der Waals surface area contributed by atoms with Gasteiger partial charge in [-0.3, -0.25) is 9.88 Å². The molecule has 1 aromatic carbocycles. The van der Waals surface area contributed by atoms with Crippen LogP contribution in [0.25, 0.3) is 11.1 Å². The van der Waals surface area contributed by atoms with Gasteiger partial charge in [-0.15, -0.1) is 0 Å². The van der Waals surface area contributed by atoms with E-state index in [1.54, 1.807) is 0 Å². The number of hydrogen-bond acceptors (Lipinski definition) is 2. The highest BCUT2D eigenvalue weighted by atomic mass is 28.3. The molecule has 3 rings (SSSR count). The summed E-state index contributed by atoms with van der Waals surface area (Å²) in [5.74, 6) is 0. The van der Waals surface area contributed by atoms with Crippen molar-refractivity contribution in [2.45, 2.75) is 31.7 Å². The number of rotatable bonds is 3. The van der Waals surface area contributed by atoms with Crippen LogP contribution in [0.5, 0.6) is 0 Å². The van der Waals surface area contributed by atoms with Crippen molar-refractivity contribution in [1.82, 2.24) is 9.88 Å². The minimum atomic E-state index is -0.875. The van der Waals surface area contributed by atoms with E-state index in [0.29, 0.717) is 0 Å². The molecule has 0 radical (unpaired) electrons. The topological polar surface area (TPSA) is 16.1 Å². The van der Waals surface area contributed by atoms with E-state index < -0.39 is 8.07 Å². The Bertz CT molecular complexity index is 585. The molecule has 2 heterocycles. The largest absolute Gasteiger partial charge is 0.298 e. The van der Waals surface area contributed by atoms with E-state index in [2.05, 4.69) is 65.4 Å². The first-order valence-corrected chi connectivity index (χ1v) is 11.3. The van der Waals surface area contributed by atoms with Gasteiger partial charge in [-0.2, -0.15) is 0 Å². The molecule has 1 aliphatic heterocycles. The average molecular weight is 296 g/mol. The van der Waals surface area contributed by atoms with Crippen LogP contribution in [0.2, 0.25) is 25.2 Å². The molecule has 1 aromatic heterocycles. The van der Waals surface area contributed by atoms with Crippen molar-refractivity contribution in [3.63, 3.8) is 0 Å². The molecule has 0 unspecified atom stereocenters. The third-order valence-corrected chi connectivity index (χ3v) is 7.67. The van der Waals surface area contributed by atoms with E-state index in [4.69, 9.17) is 0 Å². The summed E-state index contributed by atoms with van der Waals surface area (Å²) in [7, 11) is -0.875. The molecule has 0 amide bonds. The van der Waals surface area contributed by atoms with Crippen LogP contribution in [-0.2, 0) is 6.54 Å². The van der Waals surface area contributed by atoms with Crippen LogP contribution in [0.15, 0.2) is 48.7 Å². The molecule has 2 aromatic rings. The van der Waals surface area contributed by atoms with Crippen molar-refractivity contribution in [3.8, 4) is 11.1 Å². The molecule has 0 atom stereocenters. The fourth-order valence-corrected chi connectivity index (χ4v) is 5.01. The normalized spacial score (nSPS) is 18.6. The summed E-state index contributed by atoms with van der Waals surface area (Å²) < 4.78 is 0. The third-order valence-electron chi connectivity index (χ3n) is 4.52. The lowest BCUT2D eigenvalue weighted by molar-refractivity contribution is 0.278. The number of pyridine rings is 1. The van der Waals surface area contributed by atoms with Crippen LogP contribution in [0.4, 0.5) is 0 Å². The lowest BCUT2D eigenvalue weighted by Crippen LogP contribution is -2.42. The molecule has 2 nitrogen and oxygen atoms in total. The molecule has 1 fully saturated rings. The monoisotopic (exact) mass is 296 g/mol. The van der Waals surface area contributed by atoms with Crippen molar-refractivity contribution in [1.29, 1.82) is 0 Å².